The minimum absolute atomic E-state index is 0.0376. The van der Waals surface area contributed by atoms with Gasteiger partial charge in [0.25, 0.3) is 10.0 Å². The van der Waals surface area contributed by atoms with Crippen molar-refractivity contribution in [1.82, 2.24) is 19.5 Å². The molecule has 0 spiro atoms. The lowest BCUT2D eigenvalue weighted by Crippen LogP contribution is -2.40. The Morgan fingerprint density at radius 2 is 1.85 bits per heavy atom. The summed E-state index contributed by atoms with van der Waals surface area (Å²) in [4.78, 5) is 17.1. The second-order valence-corrected chi connectivity index (χ2v) is 10.6. The number of hydrogen-bond acceptors (Lipinski definition) is 7. The van der Waals surface area contributed by atoms with E-state index in [9.17, 15) is 31.6 Å². The molecule has 0 saturated carbocycles. The fraction of sp³-hybridized carbons (Fsp3) is 0.524. The highest BCUT2D eigenvalue weighted by Crippen LogP contribution is 2.38. The van der Waals surface area contributed by atoms with Crippen molar-refractivity contribution < 1.29 is 26.4 Å². The van der Waals surface area contributed by atoms with Gasteiger partial charge in [-0.05, 0) is 30.4 Å². The van der Waals surface area contributed by atoms with E-state index in [0.717, 1.165) is 23.4 Å². The molecule has 0 aliphatic carbocycles. The Morgan fingerprint density at radius 3 is 2.32 bits per heavy atom. The molecule has 1 N–H and O–H groups in total. The minimum Gasteiger partial charge on any atom is -0.355 e. The molecular weight excluding hydrogens is 473 g/mol. The number of piperidine rings is 1. The lowest BCUT2D eigenvalue weighted by atomic mass is 9.91. The molecule has 1 fully saturated rings. The van der Waals surface area contributed by atoms with Gasteiger partial charge in [0.1, 0.15) is 16.5 Å². The van der Waals surface area contributed by atoms with Crippen LogP contribution in [0, 0.1) is 29.1 Å². The van der Waals surface area contributed by atoms with Crippen molar-refractivity contribution in [2.75, 3.05) is 18.0 Å². The van der Waals surface area contributed by atoms with Crippen LogP contribution in [-0.4, -0.2) is 42.2 Å². The number of pyridine rings is 1. The fourth-order valence-electron chi connectivity index (χ4n) is 3.96. The second kappa shape index (κ2) is 9.25. The molecule has 2 unspecified atom stereocenters. The van der Waals surface area contributed by atoms with Gasteiger partial charge < -0.3 is 4.90 Å². The first kappa shape index (κ1) is 25.5. The van der Waals surface area contributed by atoms with E-state index in [1.54, 1.807) is 11.0 Å². The van der Waals surface area contributed by atoms with Crippen molar-refractivity contribution in [1.29, 1.82) is 5.26 Å². The predicted octanol–water partition coefficient (Wildman–Crippen LogP) is 3.10. The monoisotopic (exact) mass is 498 g/mol. The quantitative estimate of drug-likeness (QED) is 0.672. The molecule has 9 nitrogen and oxygen atoms in total. The van der Waals surface area contributed by atoms with Crippen LogP contribution in [-0.2, 0) is 21.0 Å². The molecule has 184 valence electrons. The number of rotatable bonds is 5. The number of aromatic nitrogens is 3. The highest BCUT2D eigenvalue weighted by molar-refractivity contribution is 7.90. The number of hydrogen-bond donors (Lipinski definition) is 1. The molecule has 1 aliphatic heterocycles. The van der Waals surface area contributed by atoms with E-state index in [1.165, 1.54) is 19.9 Å². The molecule has 34 heavy (non-hydrogen) atoms. The van der Waals surface area contributed by atoms with Gasteiger partial charge >= 0.3 is 6.18 Å². The summed E-state index contributed by atoms with van der Waals surface area (Å²) in [6.07, 6.45) is -3.05. The van der Waals surface area contributed by atoms with Crippen molar-refractivity contribution in [3.8, 4) is 11.9 Å². The van der Waals surface area contributed by atoms with Crippen LogP contribution >= 0.6 is 0 Å². The van der Waals surface area contributed by atoms with E-state index in [4.69, 9.17) is 0 Å². The van der Waals surface area contributed by atoms with Crippen molar-refractivity contribution in [2.24, 2.45) is 17.8 Å². The molecule has 0 aromatic carbocycles. The summed E-state index contributed by atoms with van der Waals surface area (Å²) in [5, 5.41) is 13.3. The Kier molecular flexibility index (Phi) is 6.93. The zero-order valence-electron chi connectivity index (χ0n) is 19.1. The number of nitrogens with one attached hydrogen (secondary N) is 1. The standard InChI is InChI=1S/C21H25F3N6O3S/c1-12(2)19(31)28-34(32,33)15-5-6-17(26-9-15)30-20(29-10-13(3)7-14(4)11-29)16(8-25)18(27-30)21(22,23)24/h5-6,9,12-14H,7,10-11H2,1-4H3,(H,28,31). The average molecular weight is 499 g/mol. The third-order valence-corrected chi connectivity index (χ3v) is 6.75. The fourth-order valence-corrected chi connectivity index (χ4v) is 5.02. The molecule has 2 aromatic heterocycles. The maximum atomic E-state index is 13.7. The Morgan fingerprint density at radius 1 is 1.24 bits per heavy atom. The molecule has 13 heteroatoms. The second-order valence-electron chi connectivity index (χ2n) is 8.90. The summed E-state index contributed by atoms with van der Waals surface area (Å²) in [7, 11) is -4.21. The summed E-state index contributed by atoms with van der Waals surface area (Å²) < 4.78 is 68.7. The molecule has 1 saturated heterocycles. The van der Waals surface area contributed by atoms with Gasteiger partial charge in [-0.25, -0.2) is 18.1 Å². The zero-order valence-corrected chi connectivity index (χ0v) is 19.9. The summed E-state index contributed by atoms with van der Waals surface area (Å²) in [6, 6.07) is 3.94. The summed E-state index contributed by atoms with van der Waals surface area (Å²) in [5.74, 6) is -1.06. The summed E-state index contributed by atoms with van der Waals surface area (Å²) >= 11 is 0. The zero-order chi connectivity index (χ0) is 25.4. The van der Waals surface area contributed by atoms with Gasteiger partial charge in [0.15, 0.2) is 17.3 Å². The van der Waals surface area contributed by atoms with Crippen LogP contribution < -0.4 is 9.62 Å². The molecule has 0 radical (unpaired) electrons. The predicted molar refractivity (Wildman–Crippen MR) is 116 cm³/mol. The van der Waals surface area contributed by atoms with E-state index in [-0.39, 0.29) is 28.4 Å². The number of halogens is 3. The van der Waals surface area contributed by atoms with Crippen molar-refractivity contribution >= 4 is 21.7 Å². The van der Waals surface area contributed by atoms with Gasteiger partial charge in [0.05, 0.1) is 0 Å². The Balaban J connectivity index is 2.10. The van der Waals surface area contributed by atoms with Crippen LogP contribution in [0.3, 0.4) is 0 Å². The first-order valence-corrected chi connectivity index (χ1v) is 12.1. The van der Waals surface area contributed by atoms with E-state index in [2.05, 4.69) is 10.1 Å². The van der Waals surface area contributed by atoms with Crippen LogP contribution in [0.5, 0.6) is 0 Å². The molecule has 3 rings (SSSR count). The third kappa shape index (κ3) is 5.16. The molecule has 2 atom stereocenters. The summed E-state index contributed by atoms with van der Waals surface area (Å²) in [6.45, 7) is 7.86. The van der Waals surface area contributed by atoms with E-state index in [1.807, 2.05) is 18.6 Å². The molecule has 0 bridgehead atoms. The first-order chi connectivity index (χ1) is 15.7. The number of nitriles is 1. The molecule has 2 aromatic rings. The van der Waals surface area contributed by atoms with Gasteiger partial charge in [-0.15, -0.1) is 0 Å². The maximum Gasteiger partial charge on any atom is 0.436 e. The van der Waals surface area contributed by atoms with Crippen LogP contribution in [0.15, 0.2) is 23.2 Å². The molecule has 3 heterocycles. The van der Waals surface area contributed by atoms with Crippen LogP contribution in [0.1, 0.15) is 45.4 Å². The van der Waals surface area contributed by atoms with Gasteiger partial charge in [-0.3, -0.25) is 4.79 Å². The summed E-state index contributed by atoms with van der Waals surface area (Å²) in [5.41, 5.74) is -1.95. The minimum atomic E-state index is -4.87. The van der Waals surface area contributed by atoms with Crippen LogP contribution in [0.4, 0.5) is 19.0 Å². The topological polar surface area (TPSA) is 121 Å². The third-order valence-electron chi connectivity index (χ3n) is 5.42. The highest BCUT2D eigenvalue weighted by Gasteiger charge is 2.42. The normalized spacial score (nSPS) is 19.2. The van der Waals surface area contributed by atoms with Crippen molar-refractivity contribution in [3.05, 3.63) is 29.6 Å². The van der Waals surface area contributed by atoms with Crippen LogP contribution in [0.25, 0.3) is 5.82 Å². The highest BCUT2D eigenvalue weighted by atomic mass is 32.2. The van der Waals surface area contributed by atoms with Crippen LogP contribution in [0.2, 0.25) is 0 Å². The number of amides is 1. The Labute approximate surface area is 195 Å². The van der Waals surface area contributed by atoms with Crippen molar-refractivity contribution in [2.45, 2.75) is 45.2 Å². The SMILES string of the molecule is CC1CC(C)CN(c2c(C#N)c(C(F)(F)F)nn2-c2ccc(S(=O)(=O)NC(=O)C(C)C)cn2)C1. The number of anilines is 1. The molecule has 1 amide bonds. The number of carbonyl (C=O) groups is 1. The average Bonchev–Trinajstić information content (AvgIpc) is 3.13. The number of sulfonamides is 1. The largest absolute Gasteiger partial charge is 0.436 e. The first-order valence-electron chi connectivity index (χ1n) is 10.6. The van der Waals surface area contributed by atoms with Gasteiger partial charge in [-0.2, -0.15) is 28.2 Å². The molecule has 1 aliphatic rings. The van der Waals surface area contributed by atoms with Crippen molar-refractivity contribution in [3.63, 3.8) is 0 Å². The lowest BCUT2D eigenvalue weighted by Gasteiger charge is -2.36. The van der Waals surface area contributed by atoms with Gasteiger partial charge in [0, 0.05) is 25.2 Å². The van der Waals surface area contributed by atoms with Gasteiger partial charge in [0.2, 0.25) is 5.91 Å². The van der Waals surface area contributed by atoms with Gasteiger partial charge in [-0.1, -0.05) is 27.7 Å². The Hall–Kier alpha value is -3.14. The van der Waals surface area contributed by atoms with E-state index < -0.39 is 39.3 Å². The van der Waals surface area contributed by atoms with E-state index >= 15 is 0 Å². The number of carbonyl (C=O) groups excluding carboxylic acids is 1. The number of alkyl halides is 3. The lowest BCUT2D eigenvalue weighted by molar-refractivity contribution is -0.141. The maximum absolute atomic E-state index is 13.7. The Bertz CT molecular complexity index is 1210. The molecular formula is C21H25F3N6O3S. The number of nitrogens with zero attached hydrogens (tertiary/aromatic N) is 5. The van der Waals surface area contributed by atoms with E-state index in [0.29, 0.717) is 13.1 Å². The smallest absolute Gasteiger partial charge is 0.355 e.